The predicted molar refractivity (Wildman–Crippen MR) is 78.1 cm³/mol. The maximum absolute atomic E-state index is 13.9. The summed E-state index contributed by atoms with van der Waals surface area (Å²) in [6.45, 7) is 0.532. The minimum absolute atomic E-state index is 0.258. The first-order valence-electron chi connectivity index (χ1n) is 6.61. The molecule has 106 valence electrons. The van der Waals surface area contributed by atoms with Crippen molar-refractivity contribution in [3.63, 3.8) is 0 Å². The minimum Gasteiger partial charge on any atom is -0.369 e. The zero-order valence-corrected chi connectivity index (χ0v) is 11.2. The van der Waals surface area contributed by atoms with Gasteiger partial charge in [0.05, 0.1) is 10.9 Å². The first kappa shape index (κ1) is 13.4. The molecule has 1 heterocycles. The van der Waals surface area contributed by atoms with Gasteiger partial charge in [0.25, 0.3) is 0 Å². The fraction of sp³-hybridized carbons (Fsp3) is 0.125. The van der Waals surface area contributed by atoms with Crippen LogP contribution in [0.15, 0.2) is 48.8 Å². The molecule has 0 saturated carbocycles. The number of benzene rings is 2. The van der Waals surface area contributed by atoms with Gasteiger partial charge in [0.1, 0.15) is 23.8 Å². The third-order valence-electron chi connectivity index (χ3n) is 3.21. The van der Waals surface area contributed by atoms with Gasteiger partial charge in [-0.1, -0.05) is 18.2 Å². The molecule has 5 heteroatoms. The van der Waals surface area contributed by atoms with E-state index >= 15 is 0 Å². The normalized spacial score (nSPS) is 10.8. The van der Waals surface area contributed by atoms with E-state index in [2.05, 4.69) is 15.3 Å². The maximum Gasteiger partial charge on any atom is 0.140 e. The molecule has 0 saturated heterocycles. The molecular weight excluding hydrogens is 272 g/mol. The van der Waals surface area contributed by atoms with Crippen LogP contribution in [0.5, 0.6) is 0 Å². The third-order valence-corrected chi connectivity index (χ3v) is 3.21. The minimum atomic E-state index is -0.360. The summed E-state index contributed by atoms with van der Waals surface area (Å²) in [7, 11) is 0. The predicted octanol–water partition coefficient (Wildman–Crippen LogP) is 3.56. The third kappa shape index (κ3) is 2.97. The number of nitrogens with one attached hydrogen (secondary N) is 1. The van der Waals surface area contributed by atoms with E-state index in [0.29, 0.717) is 29.7 Å². The summed E-state index contributed by atoms with van der Waals surface area (Å²) in [4.78, 5) is 8.12. The van der Waals surface area contributed by atoms with Crippen molar-refractivity contribution in [1.29, 1.82) is 0 Å². The highest BCUT2D eigenvalue weighted by Crippen LogP contribution is 2.22. The summed E-state index contributed by atoms with van der Waals surface area (Å²) in [6, 6.07) is 11.1. The van der Waals surface area contributed by atoms with Crippen LogP contribution in [0.2, 0.25) is 0 Å². The van der Waals surface area contributed by atoms with Crippen LogP contribution in [0.4, 0.5) is 14.6 Å². The summed E-state index contributed by atoms with van der Waals surface area (Å²) < 4.78 is 27.0. The number of rotatable bonds is 4. The van der Waals surface area contributed by atoms with Gasteiger partial charge in [-0.2, -0.15) is 0 Å². The Morgan fingerprint density at radius 3 is 2.71 bits per heavy atom. The second kappa shape index (κ2) is 5.83. The fourth-order valence-corrected chi connectivity index (χ4v) is 2.22. The van der Waals surface area contributed by atoms with Crippen molar-refractivity contribution in [2.75, 3.05) is 11.9 Å². The van der Waals surface area contributed by atoms with Gasteiger partial charge >= 0.3 is 0 Å². The first-order valence-corrected chi connectivity index (χ1v) is 6.61. The molecule has 3 rings (SSSR count). The Morgan fingerprint density at radius 2 is 1.86 bits per heavy atom. The molecule has 0 unspecified atom stereocenters. The van der Waals surface area contributed by atoms with Gasteiger partial charge in [0.2, 0.25) is 0 Å². The van der Waals surface area contributed by atoms with E-state index < -0.39 is 0 Å². The van der Waals surface area contributed by atoms with Gasteiger partial charge in [-0.3, -0.25) is 0 Å². The fourth-order valence-electron chi connectivity index (χ4n) is 2.22. The number of halogens is 2. The number of fused-ring (bicyclic) bond motifs is 1. The molecule has 1 N–H and O–H groups in total. The second-order valence-corrected chi connectivity index (χ2v) is 4.66. The summed E-state index contributed by atoms with van der Waals surface area (Å²) in [5.74, 6) is -0.165. The van der Waals surface area contributed by atoms with Crippen molar-refractivity contribution in [3.05, 3.63) is 66.0 Å². The Kier molecular flexibility index (Phi) is 3.73. The molecule has 21 heavy (non-hydrogen) atoms. The molecule has 2 aromatic carbocycles. The van der Waals surface area contributed by atoms with Crippen molar-refractivity contribution >= 4 is 16.7 Å². The highest BCUT2D eigenvalue weighted by molar-refractivity contribution is 5.89. The molecule has 0 fully saturated rings. The number of hydrogen-bond acceptors (Lipinski definition) is 3. The van der Waals surface area contributed by atoms with Crippen LogP contribution in [-0.2, 0) is 6.42 Å². The van der Waals surface area contributed by atoms with Gasteiger partial charge in [0.15, 0.2) is 0 Å². The SMILES string of the molecule is Fc1cccc(CCNc2ncnc3cccc(F)c23)c1. The molecule has 0 atom stereocenters. The van der Waals surface area contributed by atoms with Crippen molar-refractivity contribution in [3.8, 4) is 0 Å². The molecule has 0 radical (unpaired) electrons. The lowest BCUT2D eigenvalue weighted by atomic mass is 10.1. The molecule has 0 spiro atoms. The molecule has 0 aliphatic rings. The van der Waals surface area contributed by atoms with Crippen molar-refractivity contribution in [1.82, 2.24) is 9.97 Å². The molecule has 0 aliphatic carbocycles. The smallest absolute Gasteiger partial charge is 0.140 e. The second-order valence-electron chi connectivity index (χ2n) is 4.66. The van der Waals surface area contributed by atoms with Gasteiger partial charge in [-0.05, 0) is 36.2 Å². The molecule has 0 aliphatic heterocycles. The lowest BCUT2D eigenvalue weighted by Crippen LogP contribution is -2.07. The van der Waals surface area contributed by atoms with Crippen LogP contribution in [0, 0.1) is 11.6 Å². The van der Waals surface area contributed by atoms with Crippen LogP contribution >= 0.6 is 0 Å². The molecule has 0 bridgehead atoms. The quantitative estimate of drug-likeness (QED) is 0.796. The number of anilines is 1. The van der Waals surface area contributed by atoms with Gasteiger partial charge in [0, 0.05) is 6.54 Å². The summed E-state index contributed by atoms with van der Waals surface area (Å²) in [5, 5.41) is 3.46. The Labute approximate surface area is 120 Å². The van der Waals surface area contributed by atoms with Gasteiger partial charge in [-0.25, -0.2) is 18.7 Å². The zero-order chi connectivity index (χ0) is 14.7. The van der Waals surface area contributed by atoms with E-state index in [1.165, 1.54) is 24.5 Å². The number of aromatic nitrogens is 2. The molecule has 3 aromatic rings. The molecule has 0 amide bonds. The lowest BCUT2D eigenvalue weighted by molar-refractivity contribution is 0.625. The van der Waals surface area contributed by atoms with Crippen molar-refractivity contribution in [2.45, 2.75) is 6.42 Å². The van der Waals surface area contributed by atoms with E-state index in [1.54, 1.807) is 18.2 Å². The summed E-state index contributed by atoms with van der Waals surface area (Å²) >= 11 is 0. The van der Waals surface area contributed by atoms with Crippen LogP contribution in [-0.4, -0.2) is 16.5 Å². The highest BCUT2D eigenvalue weighted by atomic mass is 19.1. The zero-order valence-electron chi connectivity index (χ0n) is 11.2. The average Bonchev–Trinajstić information content (AvgIpc) is 2.48. The van der Waals surface area contributed by atoms with Crippen LogP contribution in [0.25, 0.3) is 10.9 Å². The van der Waals surface area contributed by atoms with E-state index in [0.717, 1.165) is 5.56 Å². The van der Waals surface area contributed by atoms with E-state index in [9.17, 15) is 8.78 Å². The topological polar surface area (TPSA) is 37.8 Å². The summed E-state index contributed by atoms with van der Waals surface area (Å²) in [5.41, 5.74) is 1.43. The number of nitrogens with zero attached hydrogens (tertiary/aromatic N) is 2. The van der Waals surface area contributed by atoms with Crippen LogP contribution in [0.1, 0.15) is 5.56 Å². The Hall–Kier alpha value is -2.56. The van der Waals surface area contributed by atoms with Crippen LogP contribution < -0.4 is 5.32 Å². The monoisotopic (exact) mass is 285 g/mol. The van der Waals surface area contributed by atoms with Crippen molar-refractivity contribution in [2.24, 2.45) is 0 Å². The van der Waals surface area contributed by atoms with E-state index in [1.807, 2.05) is 6.07 Å². The molecule has 3 nitrogen and oxygen atoms in total. The van der Waals surface area contributed by atoms with E-state index in [-0.39, 0.29) is 11.6 Å². The van der Waals surface area contributed by atoms with E-state index in [4.69, 9.17) is 0 Å². The Balaban J connectivity index is 1.77. The maximum atomic E-state index is 13.9. The standard InChI is InChI=1S/C16H13F2N3/c17-12-4-1-3-11(9-12)7-8-19-16-15-13(18)5-2-6-14(15)20-10-21-16/h1-6,9-10H,7-8H2,(H,19,20,21). The first-order chi connectivity index (χ1) is 10.2. The summed E-state index contributed by atoms with van der Waals surface area (Å²) in [6.07, 6.45) is 2.02. The number of hydrogen-bond donors (Lipinski definition) is 1. The van der Waals surface area contributed by atoms with Gasteiger partial charge in [-0.15, -0.1) is 0 Å². The molecule has 1 aromatic heterocycles. The van der Waals surface area contributed by atoms with Gasteiger partial charge < -0.3 is 5.32 Å². The Bertz CT molecular complexity index is 769. The van der Waals surface area contributed by atoms with Crippen molar-refractivity contribution < 1.29 is 8.78 Å². The average molecular weight is 285 g/mol. The largest absolute Gasteiger partial charge is 0.369 e. The Morgan fingerprint density at radius 1 is 1.00 bits per heavy atom. The molecular formula is C16H13F2N3. The lowest BCUT2D eigenvalue weighted by Gasteiger charge is -2.09. The van der Waals surface area contributed by atoms with Crippen LogP contribution in [0.3, 0.4) is 0 Å². The highest BCUT2D eigenvalue weighted by Gasteiger charge is 2.08.